The number of esters is 1. The minimum Gasteiger partial charge on any atom is -0.464 e. The molecule has 1 amide bonds. The Balaban J connectivity index is 1.97. The second-order valence-electron chi connectivity index (χ2n) is 5.20. The SMILES string of the molecule is Cc1cccc(C)c1NC(=O)CN(C)C1CCOC1=O. The minimum atomic E-state index is -0.307. The van der Waals surface area contributed by atoms with Crippen LogP contribution in [0.2, 0.25) is 0 Å². The van der Waals surface area contributed by atoms with E-state index in [0.29, 0.717) is 13.0 Å². The van der Waals surface area contributed by atoms with Gasteiger partial charge in [0.2, 0.25) is 5.91 Å². The third kappa shape index (κ3) is 3.17. The van der Waals surface area contributed by atoms with Crippen LogP contribution in [0.5, 0.6) is 0 Å². The average molecular weight is 276 g/mol. The summed E-state index contributed by atoms with van der Waals surface area (Å²) in [4.78, 5) is 25.3. The number of cyclic esters (lactones) is 1. The lowest BCUT2D eigenvalue weighted by Gasteiger charge is -2.21. The number of carbonyl (C=O) groups excluding carboxylic acids is 2. The van der Waals surface area contributed by atoms with Crippen LogP contribution in [0.4, 0.5) is 5.69 Å². The second kappa shape index (κ2) is 6.05. The van der Waals surface area contributed by atoms with E-state index in [1.807, 2.05) is 32.0 Å². The molecule has 1 aliphatic rings. The van der Waals surface area contributed by atoms with Crippen LogP contribution in [-0.4, -0.2) is 43.0 Å². The average Bonchev–Trinajstić information content (AvgIpc) is 2.80. The van der Waals surface area contributed by atoms with E-state index in [1.54, 1.807) is 11.9 Å². The van der Waals surface area contributed by atoms with Gasteiger partial charge in [0.15, 0.2) is 0 Å². The molecule has 20 heavy (non-hydrogen) atoms. The number of hydrogen-bond acceptors (Lipinski definition) is 4. The number of para-hydroxylation sites is 1. The summed E-state index contributed by atoms with van der Waals surface area (Å²) >= 11 is 0. The molecular weight excluding hydrogens is 256 g/mol. The van der Waals surface area contributed by atoms with Crippen molar-refractivity contribution in [3.8, 4) is 0 Å². The predicted molar refractivity (Wildman–Crippen MR) is 76.5 cm³/mol. The van der Waals surface area contributed by atoms with Crippen molar-refractivity contribution in [3.63, 3.8) is 0 Å². The van der Waals surface area contributed by atoms with Gasteiger partial charge >= 0.3 is 5.97 Å². The molecule has 1 saturated heterocycles. The highest BCUT2D eigenvalue weighted by molar-refractivity contribution is 5.94. The molecule has 0 bridgehead atoms. The van der Waals surface area contributed by atoms with E-state index in [0.717, 1.165) is 16.8 Å². The molecule has 1 aliphatic heterocycles. The van der Waals surface area contributed by atoms with Gasteiger partial charge in [-0.25, -0.2) is 0 Å². The lowest BCUT2D eigenvalue weighted by Crippen LogP contribution is -2.40. The maximum atomic E-state index is 12.1. The number of anilines is 1. The second-order valence-corrected chi connectivity index (χ2v) is 5.20. The highest BCUT2D eigenvalue weighted by Gasteiger charge is 2.31. The van der Waals surface area contributed by atoms with Crippen LogP contribution < -0.4 is 5.32 Å². The quantitative estimate of drug-likeness (QED) is 0.846. The summed E-state index contributed by atoms with van der Waals surface area (Å²) in [6, 6.07) is 5.57. The van der Waals surface area contributed by atoms with Gasteiger partial charge in [-0.1, -0.05) is 18.2 Å². The fourth-order valence-electron chi connectivity index (χ4n) is 2.41. The van der Waals surface area contributed by atoms with E-state index in [1.165, 1.54) is 0 Å². The number of rotatable bonds is 4. The number of likely N-dealkylation sites (N-methyl/N-ethyl adjacent to an activating group) is 1. The fraction of sp³-hybridized carbons (Fsp3) is 0.467. The third-order valence-electron chi connectivity index (χ3n) is 3.58. The molecule has 0 saturated carbocycles. The summed E-state index contributed by atoms with van der Waals surface area (Å²) in [5.74, 6) is -0.364. The molecular formula is C15H20N2O3. The van der Waals surface area contributed by atoms with Gasteiger partial charge in [-0.05, 0) is 32.0 Å². The third-order valence-corrected chi connectivity index (χ3v) is 3.58. The van der Waals surface area contributed by atoms with Crippen LogP contribution in [0.25, 0.3) is 0 Å². The molecule has 1 atom stereocenters. The van der Waals surface area contributed by atoms with Gasteiger partial charge in [0, 0.05) is 12.1 Å². The molecule has 2 rings (SSSR count). The van der Waals surface area contributed by atoms with E-state index < -0.39 is 0 Å². The zero-order valence-corrected chi connectivity index (χ0v) is 12.1. The number of carbonyl (C=O) groups is 2. The van der Waals surface area contributed by atoms with Crippen molar-refractivity contribution >= 4 is 17.6 Å². The van der Waals surface area contributed by atoms with Crippen LogP contribution in [0.3, 0.4) is 0 Å². The van der Waals surface area contributed by atoms with Crippen molar-refractivity contribution < 1.29 is 14.3 Å². The van der Waals surface area contributed by atoms with Crippen LogP contribution in [0.1, 0.15) is 17.5 Å². The van der Waals surface area contributed by atoms with E-state index in [9.17, 15) is 9.59 Å². The minimum absolute atomic E-state index is 0.121. The normalized spacial score (nSPS) is 18.2. The van der Waals surface area contributed by atoms with E-state index in [2.05, 4.69) is 5.32 Å². The summed E-state index contributed by atoms with van der Waals surface area (Å²) in [7, 11) is 1.77. The first-order valence-electron chi connectivity index (χ1n) is 6.72. The Bertz CT molecular complexity index is 508. The van der Waals surface area contributed by atoms with Gasteiger partial charge in [-0.2, -0.15) is 0 Å². The smallest absolute Gasteiger partial charge is 0.323 e. The van der Waals surface area contributed by atoms with Gasteiger partial charge in [0.05, 0.1) is 13.2 Å². The number of amides is 1. The Hall–Kier alpha value is -1.88. The van der Waals surface area contributed by atoms with Crippen molar-refractivity contribution in [2.75, 3.05) is 25.5 Å². The van der Waals surface area contributed by atoms with Crippen LogP contribution >= 0.6 is 0 Å². The summed E-state index contributed by atoms with van der Waals surface area (Å²) in [5, 5.41) is 2.91. The number of ether oxygens (including phenoxy) is 1. The maximum absolute atomic E-state index is 12.1. The van der Waals surface area contributed by atoms with Crippen LogP contribution in [0, 0.1) is 13.8 Å². The van der Waals surface area contributed by atoms with Crippen molar-refractivity contribution in [1.29, 1.82) is 0 Å². The lowest BCUT2D eigenvalue weighted by molar-refractivity contribution is -0.142. The molecule has 5 heteroatoms. The molecule has 0 radical (unpaired) electrons. The standard InChI is InChI=1S/C15H20N2O3/c1-10-5-4-6-11(2)14(10)16-13(18)9-17(3)12-7-8-20-15(12)19/h4-6,12H,7-9H2,1-3H3,(H,16,18). The zero-order valence-electron chi connectivity index (χ0n) is 12.1. The summed E-state index contributed by atoms with van der Waals surface area (Å²) < 4.78 is 4.91. The Labute approximate surface area is 118 Å². The molecule has 1 N–H and O–H groups in total. The summed E-state index contributed by atoms with van der Waals surface area (Å²) in [5.41, 5.74) is 2.91. The number of aryl methyl sites for hydroxylation is 2. The van der Waals surface area contributed by atoms with E-state index in [4.69, 9.17) is 4.74 Å². The van der Waals surface area contributed by atoms with Crippen molar-refractivity contribution in [3.05, 3.63) is 29.3 Å². The largest absolute Gasteiger partial charge is 0.464 e. The van der Waals surface area contributed by atoms with Crippen molar-refractivity contribution in [1.82, 2.24) is 4.90 Å². The first-order valence-corrected chi connectivity index (χ1v) is 6.72. The monoisotopic (exact) mass is 276 g/mol. The molecule has 0 aliphatic carbocycles. The number of benzene rings is 1. The van der Waals surface area contributed by atoms with Crippen molar-refractivity contribution in [2.24, 2.45) is 0 Å². The lowest BCUT2D eigenvalue weighted by atomic mass is 10.1. The molecule has 1 unspecified atom stereocenters. The number of nitrogens with one attached hydrogen (secondary N) is 1. The zero-order chi connectivity index (χ0) is 14.7. The van der Waals surface area contributed by atoms with E-state index >= 15 is 0 Å². The molecule has 1 aromatic carbocycles. The molecule has 0 aromatic heterocycles. The number of hydrogen-bond donors (Lipinski definition) is 1. The fourth-order valence-corrected chi connectivity index (χ4v) is 2.41. The molecule has 1 aromatic rings. The summed E-state index contributed by atoms with van der Waals surface area (Å²) in [6.45, 7) is 4.53. The van der Waals surface area contributed by atoms with Crippen LogP contribution in [-0.2, 0) is 14.3 Å². The molecule has 108 valence electrons. The molecule has 1 heterocycles. The van der Waals surface area contributed by atoms with Gasteiger partial charge in [-0.3, -0.25) is 14.5 Å². The molecule has 0 spiro atoms. The van der Waals surface area contributed by atoms with Crippen LogP contribution in [0.15, 0.2) is 18.2 Å². The Morgan fingerprint density at radius 1 is 1.40 bits per heavy atom. The molecule has 5 nitrogen and oxygen atoms in total. The van der Waals surface area contributed by atoms with Gasteiger partial charge < -0.3 is 10.1 Å². The highest BCUT2D eigenvalue weighted by Crippen LogP contribution is 2.19. The Morgan fingerprint density at radius 2 is 2.05 bits per heavy atom. The van der Waals surface area contributed by atoms with Crippen molar-refractivity contribution in [2.45, 2.75) is 26.3 Å². The van der Waals surface area contributed by atoms with Gasteiger partial charge in [0.1, 0.15) is 6.04 Å². The molecule has 1 fully saturated rings. The maximum Gasteiger partial charge on any atom is 0.323 e. The summed E-state index contributed by atoms with van der Waals surface area (Å²) in [6.07, 6.45) is 0.645. The first-order chi connectivity index (χ1) is 9.49. The van der Waals surface area contributed by atoms with Gasteiger partial charge in [-0.15, -0.1) is 0 Å². The van der Waals surface area contributed by atoms with Gasteiger partial charge in [0.25, 0.3) is 0 Å². The highest BCUT2D eigenvalue weighted by atomic mass is 16.5. The first kappa shape index (κ1) is 14.5. The Morgan fingerprint density at radius 3 is 2.60 bits per heavy atom. The number of nitrogens with zero attached hydrogens (tertiary/aromatic N) is 1. The predicted octanol–water partition coefficient (Wildman–Crippen LogP) is 1.49. The topological polar surface area (TPSA) is 58.6 Å². The van der Waals surface area contributed by atoms with E-state index in [-0.39, 0.29) is 24.5 Å². The Kier molecular flexibility index (Phi) is 4.39.